The SMILES string of the molecule is O=C(O)C(O)C(O/C=C/Cc1ccccc1)(c1ccccc1)c1ccccc1. The number of ether oxygens (including phenoxy) is 1. The van der Waals surface area contributed by atoms with Crippen molar-refractivity contribution in [2.45, 2.75) is 18.1 Å². The van der Waals surface area contributed by atoms with Crippen LogP contribution in [0.15, 0.2) is 103 Å². The van der Waals surface area contributed by atoms with E-state index >= 15 is 0 Å². The molecule has 0 aromatic heterocycles. The van der Waals surface area contributed by atoms with Crippen molar-refractivity contribution in [3.8, 4) is 0 Å². The van der Waals surface area contributed by atoms with Gasteiger partial charge in [-0.25, -0.2) is 4.79 Å². The zero-order chi connectivity index (χ0) is 19.8. The molecule has 0 heterocycles. The van der Waals surface area contributed by atoms with Gasteiger partial charge in [-0.15, -0.1) is 0 Å². The lowest BCUT2D eigenvalue weighted by molar-refractivity contribution is -0.160. The zero-order valence-electron chi connectivity index (χ0n) is 15.3. The van der Waals surface area contributed by atoms with Crippen LogP contribution >= 0.6 is 0 Å². The van der Waals surface area contributed by atoms with Gasteiger partial charge < -0.3 is 14.9 Å². The summed E-state index contributed by atoms with van der Waals surface area (Å²) in [5.41, 5.74) is 0.647. The van der Waals surface area contributed by atoms with Gasteiger partial charge in [0.05, 0.1) is 6.26 Å². The second-order valence-electron chi connectivity index (χ2n) is 6.39. The number of allylic oxidation sites excluding steroid dienone is 1. The number of hydrogen-bond acceptors (Lipinski definition) is 3. The van der Waals surface area contributed by atoms with Crippen LogP contribution in [-0.4, -0.2) is 22.3 Å². The van der Waals surface area contributed by atoms with E-state index in [1.807, 2.05) is 48.5 Å². The molecular formula is C24H22O4. The van der Waals surface area contributed by atoms with Crippen molar-refractivity contribution in [2.75, 3.05) is 0 Å². The zero-order valence-corrected chi connectivity index (χ0v) is 15.3. The minimum atomic E-state index is -1.79. The third-order valence-electron chi connectivity index (χ3n) is 4.57. The Balaban J connectivity index is 2.01. The number of rotatable bonds is 8. The van der Waals surface area contributed by atoms with Gasteiger partial charge in [-0.1, -0.05) is 91.0 Å². The number of benzene rings is 3. The van der Waals surface area contributed by atoms with Gasteiger partial charge in [0, 0.05) is 11.1 Å². The van der Waals surface area contributed by atoms with E-state index in [9.17, 15) is 15.0 Å². The fourth-order valence-electron chi connectivity index (χ4n) is 3.18. The van der Waals surface area contributed by atoms with Crippen LogP contribution in [0.5, 0.6) is 0 Å². The molecule has 1 unspecified atom stereocenters. The number of aliphatic hydroxyl groups is 1. The van der Waals surface area contributed by atoms with Crippen LogP contribution in [0.2, 0.25) is 0 Å². The van der Waals surface area contributed by atoms with Gasteiger partial charge in [-0.3, -0.25) is 0 Å². The number of carboxylic acids is 1. The van der Waals surface area contributed by atoms with Crippen molar-refractivity contribution in [3.05, 3.63) is 120 Å². The highest BCUT2D eigenvalue weighted by Gasteiger charge is 2.47. The topological polar surface area (TPSA) is 66.8 Å². The molecular weight excluding hydrogens is 352 g/mol. The first-order valence-electron chi connectivity index (χ1n) is 9.03. The van der Waals surface area contributed by atoms with Gasteiger partial charge in [-0.2, -0.15) is 0 Å². The first-order valence-corrected chi connectivity index (χ1v) is 9.03. The van der Waals surface area contributed by atoms with E-state index in [0.717, 1.165) is 5.56 Å². The average Bonchev–Trinajstić information content (AvgIpc) is 2.75. The molecule has 4 nitrogen and oxygen atoms in total. The monoisotopic (exact) mass is 374 g/mol. The minimum absolute atomic E-state index is 0.556. The Morgan fingerprint density at radius 3 is 1.79 bits per heavy atom. The lowest BCUT2D eigenvalue weighted by Crippen LogP contribution is -2.46. The van der Waals surface area contributed by atoms with Crippen molar-refractivity contribution >= 4 is 5.97 Å². The highest BCUT2D eigenvalue weighted by Crippen LogP contribution is 2.37. The summed E-state index contributed by atoms with van der Waals surface area (Å²) in [4.78, 5) is 11.8. The van der Waals surface area contributed by atoms with Gasteiger partial charge in [0.15, 0.2) is 11.7 Å². The van der Waals surface area contributed by atoms with Gasteiger partial charge in [0.25, 0.3) is 0 Å². The van der Waals surface area contributed by atoms with Crippen LogP contribution in [0.25, 0.3) is 0 Å². The first kappa shape index (κ1) is 19.4. The van der Waals surface area contributed by atoms with Crippen LogP contribution in [0.3, 0.4) is 0 Å². The van der Waals surface area contributed by atoms with Gasteiger partial charge in [0.1, 0.15) is 0 Å². The molecule has 142 valence electrons. The van der Waals surface area contributed by atoms with Crippen LogP contribution in [0.4, 0.5) is 0 Å². The van der Waals surface area contributed by atoms with Crippen molar-refractivity contribution in [1.29, 1.82) is 0 Å². The Kier molecular flexibility index (Phi) is 6.25. The standard InChI is InChI=1S/C24H22O4/c25-22(23(26)27)24(20-14-6-2-7-15-20,21-16-8-3-9-17-21)28-18-10-13-19-11-4-1-5-12-19/h1-12,14-18,22,25H,13H2,(H,26,27)/b18-10+. The number of hydrogen-bond donors (Lipinski definition) is 2. The summed E-state index contributed by atoms with van der Waals surface area (Å²) in [6, 6.07) is 27.7. The molecule has 0 radical (unpaired) electrons. The molecule has 0 aliphatic carbocycles. The van der Waals surface area contributed by atoms with E-state index in [1.54, 1.807) is 48.5 Å². The van der Waals surface area contributed by atoms with Crippen molar-refractivity contribution in [1.82, 2.24) is 0 Å². The Morgan fingerprint density at radius 1 is 0.857 bits per heavy atom. The summed E-state index contributed by atoms with van der Waals surface area (Å²) in [6.07, 6.45) is 2.12. The molecule has 28 heavy (non-hydrogen) atoms. The lowest BCUT2D eigenvalue weighted by atomic mass is 9.81. The Hall–Kier alpha value is -3.37. The van der Waals surface area contributed by atoms with E-state index in [2.05, 4.69) is 0 Å². The maximum absolute atomic E-state index is 11.8. The first-order chi connectivity index (χ1) is 13.6. The second-order valence-corrected chi connectivity index (χ2v) is 6.39. The highest BCUT2D eigenvalue weighted by atomic mass is 16.5. The smallest absolute Gasteiger partial charge is 0.337 e. The van der Waals surface area contributed by atoms with Gasteiger partial charge >= 0.3 is 5.97 Å². The Labute approximate surface area is 164 Å². The molecule has 0 aliphatic rings. The van der Waals surface area contributed by atoms with E-state index in [4.69, 9.17) is 4.74 Å². The number of aliphatic carboxylic acids is 1. The molecule has 0 saturated heterocycles. The lowest BCUT2D eigenvalue weighted by Gasteiger charge is -2.36. The summed E-state index contributed by atoms with van der Waals surface area (Å²) in [5, 5.41) is 20.3. The van der Waals surface area contributed by atoms with Crippen LogP contribution in [0, 0.1) is 0 Å². The highest BCUT2D eigenvalue weighted by molar-refractivity contribution is 5.75. The van der Waals surface area contributed by atoms with E-state index in [0.29, 0.717) is 17.5 Å². The predicted molar refractivity (Wildman–Crippen MR) is 108 cm³/mol. The van der Waals surface area contributed by atoms with Crippen molar-refractivity contribution < 1.29 is 19.7 Å². The van der Waals surface area contributed by atoms with Crippen molar-refractivity contribution in [2.24, 2.45) is 0 Å². The molecule has 0 aliphatic heterocycles. The maximum atomic E-state index is 11.8. The molecule has 4 heteroatoms. The largest absolute Gasteiger partial charge is 0.482 e. The fourth-order valence-corrected chi connectivity index (χ4v) is 3.18. The summed E-state index contributed by atoms with van der Waals surface area (Å²) in [6.45, 7) is 0. The summed E-state index contributed by atoms with van der Waals surface area (Å²) < 4.78 is 6.04. The summed E-state index contributed by atoms with van der Waals surface area (Å²) >= 11 is 0. The quantitative estimate of drug-likeness (QED) is 0.581. The molecule has 0 saturated carbocycles. The van der Waals surface area contributed by atoms with Crippen LogP contribution in [-0.2, 0) is 21.6 Å². The summed E-state index contributed by atoms with van der Waals surface area (Å²) in [5.74, 6) is -1.36. The average molecular weight is 374 g/mol. The molecule has 3 rings (SSSR count). The van der Waals surface area contributed by atoms with Gasteiger partial charge in [0.2, 0.25) is 0 Å². The third kappa shape index (κ3) is 4.13. The molecule has 1 atom stereocenters. The third-order valence-corrected chi connectivity index (χ3v) is 4.57. The normalized spacial score (nSPS) is 12.6. The molecule has 3 aromatic carbocycles. The Morgan fingerprint density at radius 2 is 1.32 bits per heavy atom. The molecule has 0 spiro atoms. The van der Waals surface area contributed by atoms with E-state index in [1.165, 1.54) is 6.26 Å². The Bertz CT molecular complexity index is 866. The predicted octanol–water partition coefficient (Wildman–Crippen LogP) is 4.15. The molecule has 3 aromatic rings. The number of aliphatic hydroxyl groups excluding tert-OH is 1. The molecule has 2 N–H and O–H groups in total. The number of carbonyl (C=O) groups is 1. The molecule has 0 amide bonds. The van der Waals surface area contributed by atoms with Crippen molar-refractivity contribution in [3.63, 3.8) is 0 Å². The van der Waals surface area contributed by atoms with E-state index in [-0.39, 0.29) is 0 Å². The fraction of sp³-hybridized carbons (Fsp3) is 0.125. The minimum Gasteiger partial charge on any atom is -0.482 e. The second kappa shape index (κ2) is 9.02. The van der Waals surface area contributed by atoms with Crippen LogP contribution < -0.4 is 0 Å². The van der Waals surface area contributed by atoms with Gasteiger partial charge in [-0.05, 0) is 18.1 Å². The maximum Gasteiger partial charge on any atom is 0.337 e. The van der Waals surface area contributed by atoms with Crippen LogP contribution in [0.1, 0.15) is 16.7 Å². The summed E-state index contributed by atoms with van der Waals surface area (Å²) in [7, 11) is 0. The molecule has 0 fully saturated rings. The van der Waals surface area contributed by atoms with E-state index < -0.39 is 17.7 Å². The number of carboxylic acid groups (broad SMARTS) is 1. The molecule has 0 bridgehead atoms.